The second-order valence-corrected chi connectivity index (χ2v) is 0. The minimum Gasteiger partial charge on any atom is -0.412 e. The van der Waals surface area contributed by atoms with Crippen LogP contribution in [0.4, 0.5) is 0 Å². The second kappa shape index (κ2) is 35.1. The summed E-state index contributed by atoms with van der Waals surface area (Å²) in [6, 6.07) is 0. The molecule has 0 amide bonds. The molecule has 0 rings (SSSR count). The van der Waals surface area contributed by atoms with Crippen LogP contribution in [-0.2, 0) is 19.5 Å². The smallest absolute Gasteiger partial charge is 0 e. The first-order valence-electron chi connectivity index (χ1n) is 0. The van der Waals surface area contributed by atoms with Gasteiger partial charge in [-0.2, -0.15) is 0 Å². The minimum atomic E-state index is 0. The fourth-order valence-electron chi connectivity index (χ4n) is 0. The molecule has 4 N–H and O–H groups in total. The van der Waals surface area contributed by atoms with Gasteiger partial charge in [0, 0.05) is 19.5 Å². The first-order chi connectivity index (χ1) is 0. The van der Waals surface area contributed by atoms with Crippen molar-refractivity contribution in [3.8, 4) is 0 Å². The molecule has 0 fully saturated rings. The van der Waals surface area contributed by atoms with Gasteiger partial charge < -0.3 is 11.0 Å². The average molecular weight is 220 g/mol. The summed E-state index contributed by atoms with van der Waals surface area (Å²) in [6.45, 7) is 0. The van der Waals surface area contributed by atoms with Crippen LogP contribution >= 0.6 is 17.0 Å². The molecule has 4 heavy (non-hydrogen) atoms. The van der Waals surface area contributed by atoms with E-state index < -0.39 is 0 Å². The molecule has 0 aromatic carbocycles. The number of halogens is 1. The third kappa shape index (κ3) is 11.8. The summed E-state index contributed by atoms with van der Waals surface area (Å²) < 4.78 is 0. The maximum Gasteiger partial charge on any atom is 0 e. The molecule has 0 aromatic heterocycles. The van der Waals surface area contributed by atoms with Crippen molar-refractivity contribution in [2.75, 3.05) is 0 Å². The van der Waals surface area contributed by atoms with Crippen LogP contribution in [0.3, 0.4) is 0 Å². The standard InChI is InChI=1S/BrH.2H2O.Rh/h1H;2*1H2;. The molecule has 0 atom stereocenters. The van der Waals surface area contributed by atoms with Gasteiger partial charge in [-0.05, 0) is 0 Å². The van der Waals surface area contributed by atoms with Crippen LogP contribution in [0.15, 0.2) is 0 Å². The Morgan fingerprint density at radius 2 is 0.750 bits per heavy atom. The maximum absolute atomic E-state index is 0. The molecule has 0 unspecified atom stereocenters. The van der Waals surface area contributed by atoms with E-state index in [1.54, 1.807) is 0 Å². The van der Waals surface area contributed by atoms with Gasteiger partial charge in [-0.15, -0.1) is 17.0 Å². The van der Waals surface area contributed by atoms with Crippen LogP contribution in [0.25, 0.3) is 0 Å². The molecule has 0 spiro atoms. The Morgan fingerprint density at radius 3 is 0.750 bits per heavy atom. The summed E-state index contributed by atoms with van der Waals surface area (Å²) in [6.07, 6.45) is 0. The van der Waals surface area contributed by atoms with E-state index >= 15 is 0 Å². The van der Waals surface area contributed by atoms with Gasteiger partial charge in [0.25, 0.3) is 0 Å². The predicted molar refractivity (Wildman–Crippen MR) is 17.5 cm³/mol. The van der Waals surface area contributed by atoms with Crippen molar-refractivity contribution in [3.63, 3.8) is 0 Å². The monoisotopic (exact) mass is 219 g/mol. The number of hydrogen-bond acceptors (Lipinski definition) is 0. The van der Waals surface area contributed by atoms with Crippen molar-refractivity contribution in [2.24, 2.45) is 0 Å². The van der Waals surface area contributed by atoms with Crippen LogP contribution in [0.1, 0.15) is 0 Å². The van der Waals surface area contributed by atoms with Gasteiger partial charge in [-0.3, -0.25) is 0 Å². The van der Waals surface area contributed by atoms with E-state index in [4.69, 9.17) is 0 Å². The zero-order valence-electron chi connectivity index (χ0n) is 1.74. The topological polar surface area (TPSA) is 63.0 Å². The fourth-order valence-corrected chi connectivity index (χ4v) is 0. The number of rotatable bonds is 0. The van der Waals surface area contributed by atoms with Crippen molar-refractivity contribution >= 4 is 17.0 Å². The maximum atomic E-state index is 0. The normalized spacial score (nSPS) is 0. The third-order valence-corrected chi connectivity index (χ3v) is 0. The predicted octanol–water partition coefficient (Wildman–Crippen LogP) is -1.07. The summed E-state index contributed by atoms with van der Waals surface area (Å²) in [5.74, 6) is 0. The van der Waals surface area contributed by atoms with Gasteiger partial charge in [0.2, 0.25) is 0 Å². The summed E-state index contributed by atoms with van der Waals surface area (Å²) in [5.41, 5.74) is 0. The van der Waals surface area contributed by atoms with E-state index in [0.717, 1.165) is 0 Å². The van der Waals surface area contributed by atoms with E-state index in [0.29, 0.717) is 0 Å². The average Bonchev–Trinajstić information content (AvgIpc) is 0. The van der Waals surface area contributed by atoms with Crippen LogP contribution in [0, 0.1) is 0 Å². The van der Waals surface area contributed by atoms with Crippen molar-refractivity contribution in [1.82, 2.24) is 0 Å². The Kier molecular flexibility index (Phi) is 682. The van der Waals surface area contributed by atoms with E-state index in [2.05, 4.69) is 0 Å². The molecule has 0 aromatic rings. The molecule has 2 nitrogen and oxygen atoms in total. The molecular weight excluding hydrogens is 215 g/mol. The molecule has 4 heteroatoms. The molecule has 1 radical (unpaired) electrons. The van der Waals surface area contributed by atoms with Gasteiger partial charge >= 0.3 is 0 Å². The van der Waals surface area contributed by atoms with Gasteiger partial charge in [0.15, 0.2) is 0 Å². The summed E-state index contributed by atoms with van der Waals surface area (Å²) in [4.78, 5) is 0. The van der Waals surface area contributed by atoms with Crippen LogP contribution < -0.4 is 0 Å². The van der Waals surface area contributed by atoms with Crippen molar-refractivity contribution in [1.29, 1.82) is 0 Å². The summed E-state index contributed by atoms with van der Waals surface area (Å²) in [7, 11) is 0. The fraction of sp³-hybridized carbons (Fsp3) is 0. The van der Waals surface area contributed by atoms with Crippen LogP contribution in [0.5, 0.6) is 0 Å². The van der Waals surface area contributed by atoms with E-state index in [1.165, 1.54) is 0 Å². The minimum absolute atomic E-state index is 0. The molecular formula is H5BrO2Rh. The Labute approximate surface area is 47.7 Å². The van der Waals surface area contributed by atoms with E-state index in [1.807, 2.05) is 0 Å². The summed E-state index contributed by atoms with van der Waals surface area (Å²) in [5, 5.41) is 0. The molecule has 0 saturated carbocycles. The molecule has 33 valence electrons. The van der Waals surface area contributed by atoms with E-state index in [9.17, 15) is 0 Å². The second-order valence-electron chi connectivity index (χ2n) is 0. The molecule has 0 heterocycles. The van der Waals surface area contributed by atoms with Crippen LogP contribution in [-0.4, -0.2) is 11.0 Å². The quantitative estimate of drug-likeness (QED) is 0.466. The number of hydrogen-bond donors (Lipinski definition) is 0. The molecule has 0 aliphatic heterocycles. The Bertz CT molecular complexity index is 6.00. The Balaban J connectivity index is 0. The zero-order valence-corrected chi connectivity index (χ0v) is 5.09. The van der Waals surface area contributed by atoms with Crippen molar-refractivity contribution in [3.05, 3.63) is 0 Å². The van der Waals surface area contributed by atoms with E-state index in [-0.39, 0.29) is 47.4 Å². The van der Waals surface area contributed by atoms with Gasteiger partial charge in [0.05, 0.1) is 0 Å². The molecule has 0 bridgehead atoms. The molecule has 0 aliphatic rings. The first-order valence-corrected chi connectivity index (χ1v) is 0. The van der Waals surface area contributed by atoms with Crippen molar-refractivity contribution in [2.45, 2.75) is 0 Å². The van der Waals surface area contributed by atoms with Gasteiger partial charge in [-0.1, -0.05) is 0 Å². The Hall–Kier alpha value is 1.02. The summed E-state index contributed by atoms with van der Waals surface area (Å²) >= 11 is 0. The van der Waals surface area contributed by atoms with Crippen molar-refractivity contribution < 1.29 is 30.4 Å². The molecule has 0 saturated heterocycles. The molecule has 0 aliphatic carbocycles. The Morgan fingerprint density at radius 1 is 0.750 bits per heavy atom. The SMILES string of the molecule is Br.O.O.[Rh]. The third-order valence-electron chi connectivity index (χ3n) is 0. The largest absolute Gasteiger partial charge is 0.412 e. The van der Waals surface area contributed by atoms with Gasteiger partial charge in [0.1, 0.15) is 0 Å². The first kappa shape index (κ1) is 77.6. The van der Waals surface area contributed by atoms with Gasteiger partial charge in [-0.25, -0.2) is 0 Å². The zero-order chi connectivity index (χ0) is 0. The van der Waals surface area contributed by atoms with Crippen LogP contribution in [0.2, 0.25) is 0 Å².